The molecule has 0 radical (unpaired) electrons. The SMILES string of the molecule is CC(NC(=NCC(=O)N(C)C)NCc1cccs1)c1cccc(N2CCCC2)c1.I. The number of amides is 1. The lowest BCUT2D eigenvalue weighted by atomic mass is 10.1. The van der Waals surface area contributed by atoms with Crippen LogP contribution in [0.2, 0.25) is 0 Å². The van der Waals surface area contributed by atoms with Crippen LogP contribution in [-0.2, 0) is 11.3 Å². The number of hydrogen-bond donors (Lipinski definition) is 2. The number of nitrogens with one attached hydrogen (secondary N) is 2. The van der Waals surface area contributed by atoms with Gasteiger partial charge in [-0.3, -0.25) is 4.79 Å². The minimum atomic E-state index is -0.0223. The summed E-state index contributed by atoms with van der Waals surface area (Å²) < 4.78 is 0. The molecule has 1 aliphatic heterocycles. The van der Waals surface area contributed by atoms with Crippen molar-refractivity contribution in [3.05, 3.63) is 52.2 Å². The molecule has 164 valence electrons. The number of anilines is 1. The van der Waals surface area contributed by atoms with Gasteiger partial charge in [-0.25, -0.2) is 4.99 Å². The largest absolute Gasteiger partial charge is 0.372 e. The molecule has 0 spiro atoms. The maximum absolute atomic E-state index is 12.0. The topological polar surface area (TPSA) is 60.0 Å². The van der Waals surface area contributed by atoms with E-state index in [1.165, 1.54) is 29.0 Å². The Balaban J connectivity index is 0.00000320. The lowest BCUT2D eigenvalue weighted by Gasteiger charge is -2.22. The molecule has 0 saturated carbocycles. The Hall–Kier alpha value is -1.81. The summed E-state index contributed by atoms with van der Waals surface area (Å²) in [6.07, 6.45) is 2.53. The van der Waals surface area contributed by atoms with E-state index in [2.05, 4.69) is 63.2 Å². The number of likely N-dealkylation sites (N-methyl/N-ethyl adjacent to an activating group) is 1. The summed E-state index contributed by atoms with van der Waals surface area (Å²) >= 11 is 1.70. The minimum Gasteiger partial charge on any atom is -0.372 e. The third-order valence-corrected chi connectivity index (χ3v) is 5.95. The molecule has 1 aromatic carbocycles. The van der Waals surface area contributed by atoms with Gasteiger partial charge in [0, 0.05) is 37.7 Å². The van der Waals surface area contributed by atoms with Crippen LogP contribution in [0.15, 0.2) is 46.8 Å². The van der Waals surface area contributed by atoms with Crippen LogP contribution in [-0.4, -0.2) is 50.5 Å². The Kier molecular flexibility index (Phi) is 9.90. The van der Waals surface area contributed by atoms with Crippen molar-refractivity contribution in [2.24, 2.45) is 4.99 Å². The van der Waals surface area contributed by atoms with E-state index in [0.29, 0.717) is 12.5 Å². The fourth-order valence-corrected chi connectivity index (χ4v) is 3.92. The maximum atomic E-state index is 12.0. The highest BCUT2D eigenvalue weighted by molar-refractivity contribution is 14.0. The quantitative estimate of drug-likeness (QED) is 0.318. The van der Waals surface area contributed by atoms with Crippen molar-refractivity contribution in [2.45, 2.75) is 32.4 Å². The lowest BCUT2D eigenvalue weighted by molar-refractivity contribution is -0.127. The number of rotatable bonds is 7. The molecule has 2 N–H and O–H groups in total. The minimum absolute atomic E-state index is 0. The molecule has 2 heterocycles. The van der Waals surface area contributed by atoms with Gasteiger partial charge in [0.2, 0.25) is 5.91 Å². The first kappa shape index (κ1) is 24.5. The summed E-state index contributed by atoms with van der Waals surface area (Å²) in [4.78, 5) is 21.7. The van der Waals surface area contributed by atoms with Gasteiger partial charge in [-0.1, -0.05) is 18.2 Å². The molecule has 2 aromatic rings. The third kappa shape index (κ3) is 7.16. The molecule has 1 atom stereocenters. The van der Waals surface area contributed by atoms with Crippen LogP contribution >= 0.6 is 35.3 Å². The van der Waals surface area contributed by atoms with Gasteiger partial charge in [0.15, 0.2) is 5.96 Å². The predicted molar refractivity (Wildman–Crippen MR) is 137 cm³/mol. The Morgan fingerprint density at radius 3 is 2.67 bits per heavy atom. The monoisotopic (exact) mass is 541 g/mol. The van der Waals surface area contributed by atoms with Crippen molar-refractivity contribution in [1.82, 2.24) is 15.5 Å². The van der Waals surface area contributed by atoms with E-state index in [-0.39, 0.29) is 42.5 Å². The zero-order chi connectivity index (χ0) is 20.6. The summed E-state index contributed by atoms with van der Waals surface area (Å²) in [5.74, 6) is 0.624. The van der Waals surface area contributed by atoms with Crippen LogP contribution in [0.25, 0.3) is 0 Å². The molecule has 1 amide bonds. The first-order valence-electron chi connectivity index (χ1n) is 10.1. The number of aliphatic imine (C=N–C) groups is 1. The zero-order valence-electron chi connectivity index (χ0n) is 17.9. The highest BCUT2D eigenvalue weighted by atomic mass is 127. The first-order valence-corrected chi connectivity index (χ1v) is 11.0. The zero-order valence-corrected chi connectivity index (χ0v) is 21.1. The second kappa shape index (κ2) is 12.1. The number of thiophene rings is 1. The lowest BCUT2D eigenvalue weighted by Crippen LogP contribution is -2.39. The van der Waals surface area contributed by atoms with Crippen molar-refractivity contribution >= 4 is 52.9 Å². The normalized spacial score (nSPS) is 14.8. The number of carbonyl (C=O) groups excluding carboxylic acids is 1. The van der Waals surface area contributed by atoms with E-state index >= 15 is 0 Å². The van der Waals surface area contributed by atoms with Crippen LogP contribution in [0.5, 0.6) is 0 Å². The standard InChI is InChI=1S/C22H31N5OS.HI/c1-17(18-8-6-9-19(14-18)27-11-4-5-12-27)25-22(24-16-21(28)26(2)3)23-15-20-10-7-13-29-20;/h6-10,13-14,17H,4-5,11-12,15-16H2,1-3H3,(H2,23,24,25);1H. The van der Waals surface area contributed by atoms with E-state index in [9.17, 15) is 4.79 Å². The number of guanidine groups is 1. The van der Waals surface area contributed by atoms with Gasteiger partial charge < -0.3 is 20.4 Å². The van der Waals surface area contributed by atoms with E-state index in [1.54, 1.807) is 30.3 Å². The van der Waals surface area contributed by atoms with Gasteiger partial charge in [0.25, 0.3) is 0 Å². The molecule has 1 saturated heterocycles. The Morgan fingerprint density at radius 1 is 1.23 bits per heavy atom. The highest BCUT2D eigenvalue weighted by Gasteiger charge is 2.15. The number of hydrogen-bond acceptors (Lipinski definition) is 4. The maximum Gasteiger partial charge on any atom is 0.243 e. The van der Waals surface area contributed by atoms with Gasteiger partial charge in [0.1, 0.15) is 6.54 Å². The van der Waals surface area contributed by atoms with Gasteiger partial charge in [-0.15, -0.1) is 35.3 Å². The summed E-state index contributed by atoms with van der Waals surface area (Å²) in [7, 11) is 3.49. The van der Waals surface area contributed by atoms with Crippen LogP contribution in [0.3, 0.4) is 0 Å². The van der Waals surface area contributed by atoms with Gasteiger partial charge in [-0.05, 0) is 48.9 Å². The van der Waals surface area contributed by atoms with Crippen molar-refractivity contribution in [3.8, 4) is 0 Å². The number of carbonyl (C=O) groups is 1. The molecule has 6 nitrogen and oxygen atoms in total. The Morgan fingerprint density at radius 2 is 2.00 bits per heavy atom. The van der Waals surface area contributed by atoms with E-state index in [4.69, 9.17) is 0 Å². The molecular weight excluding hydrogens is 509 g/mol. The Bertz CT molecular complexity index is 819. The predicted octanol–water partition coefficient (Wildman–Crippen LogP) is 3.85. The molecule has 30 heavy (non-hydrogen) atoms. The number of benzene rings is 1. The van der Waals surface area contributed by atoms with Gasteiger partial charge in [-0.2, -0.15) is 0 Å². The van der Waals surface area contributed by atoms with Gasteiger partial charge >= 0.3 is 0 Å². The molecule has 0 bridgehead atoms. The average molecular weight is 542 g/mol. The summed E-state index contributed by atoms with van der Waals surface area (Å²) in [5.41, 5.74) is 2.49. The molecule has 8 heteroatoms. The van der Waals surface area contributed by atoms with Crippen LogP contribution in [0.1, 0.15) is 36.2 Å². The molecule has 1 unspecified atom stereocenters. The van der Waals surface area contributed by atoms with Crippen molar-refractivity contribution in [1.29, 1.82) is 0 Å². The van der Waals surface area contributed by atoms with Crippen molar-refractivity contribution < 1.29 is 4.79 Å². The highest BCUT2D eigenvalue weighted by Crippen LogP contribution is 2.24. The molecule has 1 fully saturated rings. The fraction of sp³-hybridized carbons (Fsp3) is 0.455. The van der Waals surface area contributed by atoms with E-state index < -0.39 is 0 Å². The molecule has 3 rings (SSSR count). The van der Waals surface area contributed by atoms with Crippen molar-refractivity contribution in [3.63, 3.8) is 0 Å². The third-order valence-electron chi connectivity index (χ3n) is 5.08. The van der Waals surface area contributed by atoms with Crippen LogP contribution < -0.4 is 15.5 Å². The van der Waals surface area contributed by atoms with Crippen LogP contribution in [0.4, 0.5) is 5.69 Å². The Labute approximate surface area is 200 Å². The second-order valence-electron chi connectivity index (χ2n) is 7.54. The van der Waals surface area contributed by atoms with E-state index in [0.717, 1.165) is 13.1 Å². The fourth-order valence-electron chi connectivity index (χ4n) is 3.28. The molecule has 0 aliphatic carbocycles. The summed E-state index contributed by atoms with van der Waals surface area (Å²) in [5, 5.41) is 8.88. The summed E-state index contributed by atoms with van der Waals surface area (Å²) in [6.45, 7) is 5.19. The van der Waals surface area contributed by atoms with E-state index in [1.807, 2.05) is 6.07 Å². The molecule has 1 aliphatic rings. The number of nitrogens with zero attached hydrogens (tertiary/aromatic N) is 3. The number of halogens is 1. The first-order chi connectivity index (χ1) is 14.0. The summed E-state index contributed by atoms with van der Waals surface area (Å²) in [6, 6.07) is 12.9. The molecule has 1 aromatic heterocycles. The molecular formula is C22H32IN5OS. The van der Waals surface area contributed by atoms with Crippen LogP contribution in [0, 0.1) is 0 Å². The smallest absolute Gasteiger partial charge is 0.243 e. The van der Waals surface area contributed by atoms with Gasteiger partial charge in [0.05, 0.1) is 12.6 Å². The second-order valence-corrected chi connectivity index (χ2v) is 8.57. The van der Waals surface area contributed by atoms with Crippen molar-refractivity contribution in [2.75, 3.05) is 38.6 Å². The average Bonchev–Trinajstić information content (AvgIpc) is 3.43.